The highest BCUT2D eigenvalue weighted by Gasteiger charge is 2.52. The number of nitriles is 1. The Bertz CT molecular complexity index is 842. The number of hydrogen-bond donors (Lipinski definition) is 0. The summed E-state index contributed by atoms with van der Waals surface area (Å²) in [5.74, 6) is 0.682. The summed E-state index contributed by atoms with van der Waals surface area (Å²) in [6.45, 7) is 10.4. The van der Waals surface area contributed by atoms with Gasteiger partial charge in [-0.3, -0.25) is 0 Å². The summed E-state index contributed by atoms with van der Waals surface area (Å²) in [5.41, 5.74) is 2.23. The number of hydrogen-bond acceptors (Lipinski definition) is 5. The van der Waals surface area contributed by atoms with Gasteiger partial charge in [-0.15, -0.1) is 0 Å². The zero-order valence-electron chi connectivity index (χ0n) is 15.9. The largest absolute Gasteiger partial charge is 0.498 e. The van der Waals surface area contributed by atoms with E-state index in [1.54, 1.807) is 12.3 Å². The van der Waals surface area contributed by atoms with Crippen LogP contribution in [0.25, 0.3) is 0 Å². The molecule has 0 spiro atoms. The van der Waals surface area contributed by atoms with E-state index in [-0.39, 0.29) is 6.61 Å². The van der Waals surface area contributed by atoms with Gasteiger partial charge >= 0.3 is 7.12 Å². The van der Waals surface area contributed by atoms with Crippen LogP contribution in [0.3, 0.4) is 0 Å². The molecule has 0 amide bonds. The van der Waals surface area contributed by atoms with Gasteiger partial charge in [-0.2, -0.15) is 5.26 Å². The van der Waals surface area contributed by atoms with Crippen molar-refractivity contribution in [3.8, 4) is 11.8 Å². The van der Waals surface area contributed by atoms with Gasteiger partial charge in [0, 0.05) is 17.2 Å². The number of nitrogens with zero attached hydrogens (tertiary/aromatic N) is 2. The molecular formula is C20H23BN2O3. The molecule has 1 aromatic carbocycles. The van der Waals surface area contributed by atoms with Crippen LogP contribution in [0.1, 0.15) is 44.5 Å². The molecular weight excluding hydrogens is 327 g/mol. The summed E-state index contributed by atoms with van der Waals surface area (Å²) in [6, 6.07) is 11.6. The predicted molar refractivity (Wildman–Crippen MR) is 100 cm³/mol. The van der Waals surface area contributed by atoms with Crippen LogP contribution in [0.5, 0.6) is 5.75 Å². The van der Waals surface area contributed by atoms with Gasteiger partial charge in [0.25, 0.3) is 0 Å². The van der Waals surface area contributed by atoms with Gasteiger partial charge in [-0.1, -0.05) is 23.8 Å². The smallest absolute Gasteiger partial charge is 0.489 e. The van der Waals surface area contributed by atoms with Crippen LogP contribution in [0.2, 0.25) is 0 Å². The van der Waals surface area contributed by atoms with E-state index in [1.165, 1.54) is 0 Å². The third kappa shape index (κ3) is 3.46. The van der Waals surface area contributed by atoms with Crippen molar-refractivity contribution in [2.75, 3.05) is 0 Å². The van der Waals surface area contributed by atoms with E-state index < -0.39 is 18.3 Å². The van der Waals surface area contributed by atoms with Crippen LogP contribution in [0.4, 0.5) is 0 Å². The minimum atomic E-state index is -0.501. The fraction of sp³-hybridized carbons (Fsp3) is 0.400. The van der Waals surface area contributed by atoms with Gasteiger partial charge in [0.05, 0.1) is 11.2 Å². The Morgan fingerprint density at radius 1 is 1.15 bits per heavy atom. The normalized spacial score (nSPS) is 17.8. The molecule has 1 aromatic heterocycles. The Labute approximate surface area is 155 Å². The number of benzene rings is 1. The summed E-state index contributed by atoms with van der Waals surface area (Å²) >= 11 is 0. The predicted octanol–water partition coefficient (Wildman–Crippen LogP) is 3.14. The maximum Gasteiger partial charge on any atom is 0.498 e. The maximum absolute atomic E-state index is 9.19. The van der Waals surface area contributed by atoms with Crippen LogP contribution in [0, 0.1) is 18.3 Å². The molecule has 1 fully saturated rings. The molecule has 134 valence electrons. The average molecular weight is 350 g/mol. The summed E-state index contributed by atoms with van der Waals surface area (Å²) in [7, 11) is -0.501. The number of pyridine rings is 1. The first-order valence-corrected chi connectivity index (χ1v) is 8.66. The average Bonchev–Trinajstić information content (AvgIpc) is 2.81. The van der Waals surface area contributed by atoms with Gasteiger partial charge in [0.15, 0.2) is 0 Å². The minimum absolute atomic E-state index is 0.256. The molecule has 0 atom stereocenters. The first-order chi connectivity index (χ1) is 12.2. The molecule has 0 aliphatic carbocycles. The Kier molecular flexibility index (Phi) is 4.79. The third-order valence-corrected chi connectivity index (χ3v) is 5.05. The van der Waals surface area contributed by atoms with E-state index in [2.05, 4.69) is 11.1 Å². The summed E-state index contributed by atoms with van der Waals surface area (Å²) in [6.07, 6.45) is 1.60. The van der Waals surface area contributed by atoms with Gasteiger partial charge in [-0.25, -0.2) is 4.98 Å². The second kappa shape index (κ2) is 6.75. The lowest BCUT2D eigenvalue weighted by Gasteiger charge is -2.32. The van der Waals surface area contributed by atoms with E-state index in [9.17, 15) is 5.26 Å². The van der Waals surface area contributed by atoms with Gasteiger partial charge in [-0.05, 0) is 46.8 Å². The van der Waals surface area contributed by atoms with Crippen molar-refractivity contribution in [2.24, 2.45) is 0 Å². The van der Waals surface area contributed by atoms with Crippen LogP contribution < -0.4 is 10.2 Å². The molecule has 6 heteroatoms. The highest BCUT2D eigenvalue weighted by Crippen LogP contribution is 2.37. The van der Waals surface area contributed by atoms with Crippen LogP contribution in [0.15, 0.2) is 36.5 Å². The highest BCUT2D eigenvalue weighted by atomic mass is 16.7. The van der Waals surface area contributed by atoms with Crippen molar-refractivity contribution in [1.82, 2.24) is 4.98 Å². The molecule has 2 heterocycles. The fourth-order valence-electron chi connectivity index (χ4n) is 2.76. The van der Waals surface area contributed by atoms with Crippen molar-refractivity contribution in [1.29, 1.82) is 5.26 Å². The maximum atomic E-state index is 9.19. The van der Waals surface area contributed by atoms with Gasteiger partial charge < -0.3 is 14.0 Å². The lowest BCUT2D eigenvalue weighted by molar-refractivity contribution is 0.00578. The molecule has 26 heavy (non-hydrogen) atoms. The second-order valence-electron chi connectivity index (χ2n) is 7.54. The molecule has 1 aliphatic heterocycles. The van der Waals surface area contributed by atoms with E-state index in [4.69, 9.17) is 14.0 Å². The van der Waals surface area contributed by atoms with Crippen molar-refractivity contribution in [2.45, 2.75) is 52.4 Å². The van der Waals surface area contributed by atoms with Crippen LogP contribution >= 0.6 is 0 Å². The number of aromatic nitrogens is 1. The molecule has 5 nitrogen and oxygen atoms in total. The lowest BCUT2D eigenvalue weighted by atomic mass is 9.77. The monoisotopic (exact) mass is 350 g/mol. The third-order valence-electron chi connectivity index (χ3n) is 5.05. The molecule has 1 aliphatic rings. The topological polar surface area (TPSA) is 64.4 Å². The van der Waals surface area contributed by atoms with Crippen LogP contribution in [-0.2, 0) is 15.9 Å². The number of aryl methyl sites for hydroxylation is 1. The molecule has 2 aromatic rings. The Morgan fingerprint density at radius 3 is 2.50 bits per heavy atom. The van der Waals surface area contributed by atoms with Crippen molar-refractivity contribution < 1.29 is 14.0 Å². The molecule has 0 saturated carbocycles. The summed E-state index contributed by atoms with van der Waals surface area (Å²) in [5, 5.41) is 9.19. The zero-order chi connectivity index (χ0) is 18.9. The minimum Gasteiger partial charge on any atom is -0.489 e. The zero-order valence-corrected chi connectivity index (χ0v) is 15.9. The molecule has 1 saturated heterocycles. The van der Waals surface area contributed by atoms with Crippen molar-refractivity contribution in [3.63, 3.8) is 0 Å². The van der Waals surface area contributed by atoms with Crippen molar-refractivity contribution in [3.05, 3.63) is 53.3 Å². The van der Waals surface area contributed by atoms with E-state index >= 15 is 0 Å². The highest BCUT2D eigenvalue weighted by molar-refractivity contribution is 6.63. The number of ether oxygens (including phenoxy) is 1. The Balaban J connectivity index is 1.87. The molecule has 3 rings (SSSR count). The van der Waals surface area contributed by atoms with Crippen LogP contribution in [-0.4, -0.2) is 23.3 Å². The first-order valence-electron chi connectivity index (χ1n) is 8.66. The Morgan fingerprint density at radius 2 is 1.85 bits per heavy atom. The summed E-state index contributed by atoms with van der Waals surface area (Å²) < 4.78 is 18.4. The van der Waals surface area contributed by atoms with E-state index in [1.807, 2.05) is 58.9 Å². The van der Waals surface area contributed by atoms with Gasteiger partial charge in [0.2, 0.25) is 0 Å². The summed E-state index contributed by atoms with van der Waals surface area (Å²) in [4.78, 5) is 4.07. The van der Waals surface area contributed by atoms with Gasteiger partial charge in [0.1, 0.15) is 24.1 Å². The van der Waals surface area contributed by atoms with E-state index in [0.717, 1.165) is 16.6 Å². The number of rotatable bonds is 4. The fourth-order valence-corrected chi connectivity index (χ4v) is 2.76. The molecule has 0 radical (unpaired) electrons. The quantitative estimate of drug-likeness (QED) is 0.793. The van der Waals surface area contributed by atoms with Crippen molar-refractivity contribution >= 4 is 12.6 Å². The Hall–Kier alpha value is -2.36. The molecule has 0 N–H and O–H groups in total. The molecule has 0 bridgehead atoms. The molecule has 0 unspecified atom stereocenters. The lowest BCUT2D eigenvalue weighted by Crippen LogP contribution is -2.41. The first kappa shape index (κ1) is 18.4. The van der Waals surface area contributed by atoms with E-state index in [0.29, 0.717) is 11.4 Å². The standard InChI is InChI=1S/C20H23BN2O3/c1-14-8-9-18(24-13-15-7-6-10-23-17(15)12-22)16(11-14)21-25-19(2,3)20(4,5)26-21/h6-11H,13H2,1-5H3. The second-order valence-corrected chi connectivity index (χ2v) is 7.54. The SMILES string of the molecule is Cc1ccc(OCc2cccnc2C#N)c(B2OC(C)(C)C(C)(C)O2)c1.